The van der Waals surface area contributed by atoms with Crippen molar-refractivity contribution >= 4 is 22.5 Å². The normalized spacial score (nSPS) is 11.2. The minimum atomic E-state index is 0.641. The summed E-state index contributed by atoms with van der Waals surface area (Å²) in [6.45, 7) is 3.52. The molecule has 0 atom stereocenters. The molecule has 3 N–H and O–H groups in total. The van der Waals surface area contributed by atoms with E-state index in [1.807, 2.05) is 16.5 Å². The summed E-state index contributed by atoms with van der Waals surface area (Å²) in [6.07, 6.45) is 2.71. The molecule has 0 fully saturated rings. The van der Waals surface area contributed by atoms with Crippen molar-refractivity contribution in [3.63, 3.8) is 0 Å². The summed E-state index contributed by atoms with van der Waals surface area (Å²) < 4.78 is 12.9. The number of hydrogen-bond acceptors (Lipinski definition) is 7. The molecule has 25 heavy (non-hydrogen) atoms. The van der Waals surface area contributed by atoms with Crippen molar-refractivity contribution in [3.05, 3.63) is 18.0 Å². The van der Waals surface area contributed by atoms with Gasteiger partial charge in [0.15, 0.2) is 17.3 Å². The SMILES string of the molecule is CCc1nnc2c(NCCCCN)nc3cc(OC)c(OC)cc3n12. The number of fused-ring (bicyclic) bond motifs is 3. The van der Waals surface area contributed by atoms with Gasteiger partial charge in [-0.25, -0.2) is 4.98 Å². The van der Waals surface area contributed by atoms with Crippen molar-refractivity contribution in [2.75, 3.05) is 32.6 Å². The van der Waals surface area contributed by atoms with Gasteiger partial charge in [0.1, 0.15) is 5.82 Å². The Balaban J connectivity index is 2.17. The number of nitrogens with zero attached hydrogens (tertiary/aromatic N) is 4. The molecule has 3 rings (SSSR count). The predicted molar refractivity (Wildman–Crippen MR) is 97.5 cm³/mol. The third-order valence-electron chi connectivity index (χ3n) is 4.14. The molecule has 0 radical (unpaired) electrons. The predicted octanol–water partition coefficient (Wildman–Crippen LogP) is 2.01. The smallest absolute Gasteiger partial charge is 0.204 e. The first-order chi connectivity index (χ1) is 12.2. The van der Waals surface area contributed by atoms with E-state index in [-0.39, 0.29) is 0 Å². The zero-order valence-electron chi connectivity index (χ0n) is 14.9. The van der Waals surface area contributed by atoms with Gasteiger partial charge in [-0.2, -0.15) is 0 Å². The first-order valence-electron chi connectivity index (χ1n) is 8.47. The lowest BCUT2D eigenvalue weighted by molar-refractivity contribution is 0.355. The van der Waals surface area contributed by atoms with Gasteiger partial charge in [0, 0.05) is 25.1 Å². The second kappa shape index (κ2) is 7.52. The van der Waals surface area contributed by atoms with E-state index in [0.29, 0.717) is 29.5 Å². The summed E-state index contributed by atoms with van der Waals surface area (Å²) >= 11 is 0. The van der Waals surface area contributed by atoms with Gasteiger partial charge in [-0.15, -0.1) is 10.2 Å². The fourth-order valence-electron chi connectivity index (χ4n) is 2.84. The molecule has 2 heterocycles. The molecule has 8 heteroatoms. The molecule has 8 nitrogen and oxygen atoms in total. The largest absolute Gasteiger partial charge is 0.493 e. The topological polar surface area (TPSA) is 99.6 Å². The number of rotatable bonds is 8. The number of methoxy groups -OCH3 is 2. The molecule has 0 unspecified atom stereocenters. The van der Waals surface area contributed by atoms with Crippen LogP contribution in [0.25, 0.3) is 16.7 Å². The average Bonchev–Trinajstić information content (AvgIpc) is 3.08. The number of aryl methyl sites for hydroxylation is 1. The van der Waals surface area contributed by atoms with Crippen molar-refractivity contribution in [2.45, 2.75) is 26.2 Å². The third-order valence-corrected chi connectivity index (χ3v) is 4.14. The summed E-state index contributed by atoms with van der Waals surface area (Å²) in [5.41, 5.74) is 7.95. The second-order valence-corrected chi connectivity index (χ2v) is 5.71. The molecular weight excluding hydrogens is 320 g/mol. The number of aromatic nitrogens is 4. The van der Waals surface area contributed by atoms with Crippen LogP contribution in [0.3, 0.4) is 0 Å². The van der Waals surface area contributed by atoms with Gasteiger partial charge in [-0.05, 0) is 19.4 Å². The summed E-state index contributed by atoms with van der Waals surface area (Å²) in [5.74, 6) is 2.88. The molecule has 0 aliphatic heterocycles. The van der Waals surface area contributed by atoms with Crippen LogP contribution in [-0.4, -0.2) is 46.9 Å². The Bertz CT molecular complexity index is 877. The lowest BCUT2D eigenvalue weighted by Crippen LogP contribution is -2.09. The number of ether oxygens (including phenoxy) is 2. The molecule has 0 aliphatic carbocycles. The van der Waals surface area contributed by atoms with E-state index in [2.05, 4.69) is 22.4 Å². The van der Waals surface area contributed by atoms with Gasteiger partial charge in [-0.1, -0.05) is 6.92 Å². The molecule has 2 aromatic heterocycles. The fraction of sp³-hybridized carbons (Fsp3) is 0.471. The summed E-state index contributed by atoms with van der Waals surface area (Å²) in [7, 11) is 3.24. The average molecular weight is 344 g/mol. The van der Waals surface area contributed by atoms with E-state index in [0.717, 1.165) is 42.7 Å². The quantitative estimate of drug-likeness (QED) is 0.603. The van der Waals surface area contributed by atoms with E-state index in [4.69, 9.17) is 20.2 Å². The van der Waals surface area contributed by atoms with Crippen LogP contribution in [-0.2, 0) is 6.42 Å². The zero-order chi connectivity index (χ0) is 17.8. The highest BCUT2D eigenvalue weighted by atomic mass is 16.5. The Hall–Kier alpha value is -2.61. The van der Waals surface area contributed by atoms with Crippen molar-refractivity contribution in [1.82, 2.24) is 19.6 Å². The number of nitrogens with two attached hydrogens (primary N) is 1. The molecule has 3 aromatic rings. The number of nitrogens with one attached hydrogen (secondary N) is 1. The van der Waals surface area contributed by atoms with E-state index in [9.17, 15) is 0 Å². The standard InChI is InChI=1S/C17H24N6O2/c1-4-15-21-22-17-16(19-8-6-5-7-18)20-11-9-13(24-2)14(25-3)10-12(11)23(15)17/h9-10H,4-8,18H2,1-3H3,(H,19,20). The number of benzene rings is 1. The first-order valence-corrected chi connectivity index (χ1v) is 8.47. The maximum Gasteiger partial charge on any atom is 0.204 e. The summed E-state index contributed by atoms with van der Waals surface area (Å²) in [4.78, 5) is 4.73. The highest BCUT2D eigenvalue weighted by Crippen LogP contribution is 2.33. The summed E-state index contributed by atoms with van der Waals surface area (Å²) in [5, 5.41) is 12.0. The molecule has 0 aliphatic rings. The number of hydrogen-bond donors (Lipinski definition) is 2. The molecule has 0 amide bonds. The van der Waals surface area contributed by atoms with E-state index in [1.165, 1.54) is 0 Å². The summed E-state index contributed by atoms with van der Waals surface area (Å²) in [6, 6.07) is 3.78. The fourth-order valence-corrected chi connectivity index (χ4v) is 2.84. The molecule has 0 saturated carbocycles. The second-order valence-electron chi connectivity index (χ2n) is 5.71. The minimum Gasteiger partial charge on any atom is -0.493 e. The lowest BCUT2D eigenvalue weighted by atomic mass is 10.2. The van der Waals surface area contributed by atoms with Crippen LogP contribution >= 0.6 is 0 Å². The van der Waals surface area contributed by atoms with Crippen LogP contribution < -0.4 is 20.5 Å². The molecule has 0 spiro atoms. The molecule has 134 valence electrons. The van der Waals surface area contributed by atoms with Crippen molar-refractivity contribution < 1.29 is 9.47 Å². The third kappa shape index (κ3) is 3.17. The zero-order valence-corrected chi connectivity index (χ0v) is 14.9. The number of anilines is 1. The monoisotopic (exact) mass is 344 g/mol. The van der Waals surface area contributed by atoms with Crippen LogP contribution in [0.15, 0.2) is 12.1 Å². The maximum atomic E-state index is 5.56. The van der Waals surface area contributed by atoms with Gasteiger partial charge in [0.05, 0.1) is 25.3 Å². The van der Waals surface area contributed by atoms with Crippen molar-refractivity contribution in [3.8, 4) is 11.5 Å². The van der Waals surface area contributed by atoms with E-state index in [1.54, 1.807) is 14.2 Å². The van der Waals surface area contributed by atoms with Crippen LogP contribution in [0.5, 0.6) is 11.5 Å². The van der Waals surface area contributed by atoms with Crippen LogP contribution in [0.1, 0.15) is 25.6 Å². The van der Waals surface area contributed by atoms with Gasteiger partial charge in [0.2, 0.25) is 5.65 Å². The Morgan fingerprint density at radius 3 is 2.56 bits per heavy atom. The Morgan fingerprint density at radius 2 is 1.88 bits per heavy atom. The first kappa shape index (κ1) is 17.2. The minimum absolute atomic E-state index is 0.641. The van der Waals surface area contributed by atoms with Gasteiger partial charge in [-0.3, -0.25) is 4.40 Å². The maximum absolute atomic E-state index is 5.56. The van der Waals surface area contributed by atoms with Crippen molar-refractivity contribution in [1.29, 1.82) is 0 Å². The van der Waals surface area contributed by atoms with Crippen LogP contribution in [0.4, 0.5) is 5.82 Å². The van der Waals surface area contributed by atoms with Crippen LogP contribution in [0, 0.1) is 0 Å². The molecule has 0 saturated heterocycles. The van der Waals surface area contributed by atoms with Gasteiger partial charge >= 0.3 is 0 Å². The highest BCUT2D eigenvalue weighted by molar-refractivity contribution is 5.85. The van der Waals surface area contributed by atoms with Crippen molar-refractivity contribution in [2.24, 2.45) is 5.73 Å². The Morgan fingerprint density at radius 1 is 1.12 bits per heavy atom. The lowest BCUT2D eigenvalue weighted by Gasteiger charge is -2.13. The van der Waals surface area contributed by atoms with E-state index < -0.39 is 0 Å². The van der Waals surface area contributed by atoms with Gasteiger partial charge < -0.3 is 20.5 Å². The Labute approximate surface area is 146 Å². The van der Waals surface area contributed by atoms with E-state index >= 15 is 0 Å². The van der Waals surface area contributed by atoms with Gasteiger partial charge in [0.25, 0.3) is 0 Å². The number of unbranched alkanes of at least 4 members (excludes halogenated alkanes) is 1. The molecule has 0 bridgehead atoms. The van der Waals surface area contributed by atoms with Crippen LogP contribution in [0.2, 0.25) is 0 Å². The Kier molecular flexibility index (Phi) is 5.18. The molecule has 1 aromatic carbocycles. The molecular formula is C17H24N6O2. The highest BCUT2D eigenvalue weighted by Gasteiger charge is 2.17.